The Morgan fingerprint density at radius 1 is 0.905 bits per heavy atom. The number of hydrogen-bond donors (Lipinski definition) is 0. The highest BCUT2D eigenvalue weighted by Crippen LogP contribution is 2.34. The number of aryl methyl sites for hydroxylation is 2. The van der Waals surface area contributed by atoms with Crippen LogP contribution in [0.3, 0.4) is 0 Å². The monoisotopic (exact) mass is 281 g/mol. The van der Waals surface area contributed by atoms with Crippen LogP contribution in [0.5, 0.6) is 0 Å². The third kappa shape index (κ3) is 1.78. The molecule has 0 saturated carbocycles. The number of hydrogen-bond acceptors (Lipinski definition) is 4. The van der Waals surface area contributed by atoms with Crippen LogP contribution in [-0.4, -0.2) is 16.5 Å². The van der Waals surface area contributed by atoms with E-state index < -0.39 is 10.7 Å². The molecule has 0 atom stereocenters. The van der Waals surface area contributed by atoms with Crippen LogP contribution in [0, 0.1) is 24.0 Å². The topological polar surface area (TPSA) is 77.3 Å². The predicted molar refractivity (Wildman–Crippen MR) is 75.9 cm³/mol. The number of ketones is 2. The first kappa shape index (κ1) is 13.2. The van der Waals surface area contributed by atoms with E-state index in [0.29, 0.717) is 5.56 Å². The second kappa shape index (κ2) is 4.34. The van der Waals surface area contributed by atoms with Crippen molar-refractivity contribution in [2.75, 3.05) is 0 Å². The van der Waals surface area contributed by atoms with Gasteiger partial charge < -0.3 is 0 Å². The Kier molecular flexibility index (Phi) is 2.73. The van der Waals surface area contributed by atoms with E-state index in [9.17, 15) is 19.7 Å². The molecule has 5 nitrogen and oxygen atoms in total. The van der Waals surface area contributed by atoms with Crippen molar-refractivity contribution in [2.24, 2.45) is 0 Å². The maximum Gasteiger partial charge on any atom is 0.281 e. The van der Waals surface area contributed by atoms with Crippen molar-refractivity contribution in [1.29, 1.82) is 0 Å². The van der Waals surface area contributed by atoms with E-state index in [0.717, 1.165) is 11.1 Å². The molecule has 0 N–H and O–H groups in total. The summed E-state index contributed by atoms with van der Waals surface area (Å²) in [6.07, 6.45) is 0. The number of benzene rings is 2. The lowest BCUT2D eigenvalue weighted by Crippen LogP contribution is -2.22. The Morgan fingerprint density at radius 2 is 1.48 bits per heavy atom. The third-order valence-electron chi connectivity index (χ3n) is 3.83. The molecule has 0 amide bonds. The van der Waals surface area contributed by atoms with Crippen LogP contribution < -0.4 is 0 Å². The van der Waals surface area contributed by atoms with E-state index in [1.165, 1.54) is 18.2 Å². The lowest BCUT2D eigenvalue weighted by Gasteiger charge is -2.18. The molecule has 2 aromatic rings. The van der Waals surface area contributed by atoms with Gasteiger partial charge in [0.05, 0.1) is 4.92 Å². The number of fused-ring (bicyclic) bond motifs is 2. The third-order valence-corrected chi connectivity index (χ3v) is 3.83. The van der Waals surface area contributed by atoms with Gasteiger partial charge >= 0.3 is 0 Å². The van der Waals surface area contributed by atoms with Crippen LogP contribution in [0.15, 0.2) is 30.3 Å². The smallest absolute Gasteiger partial charge is 0.281 e. The summed E-state index contributed by atoms with van der Waals surface area (Å²) in [5, 5.41) is 11.1. The van der Waals surface area contributed by atoms with Gasteiger partial charge in [-0.1, -0.05) is 6.07 Å². The van der Waals surface area contributed by atoms with Crippen molar-refractivity contribution in [3.63, 3.8) is 0 Å². The number of nitrogens with zero attached hydrogens (tertiary/aromatic N) is 1. The van der Waals surface area contributed by atoms with Gasteiger partial charge in [0.25, 0.3) is 5.69 Å². The number of carbonyl (C=O) groups is 2. The van der Waals surface area contributed by atoms with Crippen LogP contribution in [0.1, 0.15) is 43.0 Å². The van der Waals surface area contributed by atoms with Gasteiger partial charge in [-0.25, -0.2) is 0 Å². The van der Waals surface area contributed by atoms with E-state index in [1.807, 2.05) is 13.8 Å². The quantitative estimate of drug-likeness (QED) is 0.507. The lowest BCUT2D eigenvalue weighted by atomic mass is 9.81. The van der Waals surface area contributed by atoms with Crippen LogP contribution in [0.4, 0.5) is 5.69 Å². The molecule has 0 saturated heterocycles. The molecule has 0 fully saturated rings. The molecule has 0 radical (unpaired) electrons. The van der Waals surface area contributed by atoms with Gasteiger partial charge in [0.1, 0.15) is 5.56 Å². The zero-order valence-corrected chi connectivity index (χ0v) is 11.5. The van der Waals surface area contributed by atoms with E-state index in [-0.39, 0.29) is 28.2 Å². The SMILES string of the molecule is Cc1cc2c(cc1C)C(=O)c1c(cccc1[N+](=O)[O-])C2=O. The van der Waals surface area contributed by atoms with Crippen molar-refractivity contribution in [3.05, 3.63) is 73.8 Å². The van der Waals surface area contributed by atoms with E-state index in [2.05, 4.69) is 0 Å². The molecule has 0 heterocycles. The summed E-state index contributed by atoms with van der Waals surface area (Å²) in [6, 6.07) is 7.43. The maximum atomic E-state index is 12.6. The van der Waals surface area contributed by atoms with Crippen molar-refractivity contribution >= 4 is 17.3 Å². The zero-order valence-electron chi connectivity index (χ0n) is 11.5. The van der Waals surface area contributed by atoms with Gasteiger partial charge in [-0.05, 0) is 43.2 Å². The maximum absolute atomic E-state index is 12.6. The van der Waals surface area contributed by atoms with Gasteiger partial charge in [0.2, 0.25) is 5.78 Å². The normalized spacial score (nSPS) is 12.9. The van der Waals surface area contributed by atoms with Gasteiger partial charge in [-0.2, -0.15) is 0 Å². The summed E-state index contributed by atoms with van der Waals surface area (Å²) < 4.78 is 0. The largest absolute Gasteiger partial charge is 0.289 e. The fourth-order valence-corrected chi connectivity index (χ4v) is 2.59. The molecule has 0 bridgehead atoms. The van der Waals surface area contributed by atoms with Crippen molar-refractivity contribution in [1.82, 2.24) is 0 Å². The first-order valence-electron chi connectivity index (χ1n) is 6.40. The van der Waals surface area contributed by atoms with Gasteiger partial charge in [-0.15, -0.1) is 0 Å². The second-order valence-electron chi connectivity index (χ2n) is 5.10. The minimum atomic E-state index is -0.629. The molecule has 0 aromatic heterocycles. The Morgan fingerprint density at radius 3 is 2.05 bits per heavy atom. The molecule has 3 rings (SSSR count). The molecular formula is C16H11NO4. The fraction of sp³-hybridized carbons (Fsp3) is 0.125. The molecule has 1 aliphatic rings. The lowest BCUT2D eigenvalue weighted by molar-refractivity contribution is -0.385. The summed E-state index contributed by atoms with van der Waals surface area (Å²) in [4.78, 5) is 35.6. The van der Waals surface area contributed by atoms with Gasteiger partial charge in [0.15, 0.2) is 5.78 Å². The molecule has 0 unspecified atom stereocenters. The number of nitro groups is 1. The number of carbonyl (C=O) groups excluding carboxylic acids is 2. The van der Waals surface area contributed by atoms with E-state index in [4.69, 9.17) is 0 Å². The molecular weight excluding hydrogens is 270 g/mol. The molecule has 2 aromatic carbocycles. The number of rotatable bonds is 1. The van der Waals surface area contributed by atoms with Crippen LogP contribution in [0.25, 0.3) is 0 Å². The number of nitro benzene ring substituents is 1. The molecule has 0 spiro atoms. The van der Waals surface area contributed by atoms with Crippen molar-refractivity contribution in [3.8, 4) is 0 Å². The predicted octanol–water partition coefficient (Wildman–Crippen LogP) is 2.99. The Hall–Kier alpha value is -2.82. The van der Waals surface area contributed by atoms with Crippen molar-refractivity contribution in [2.45, 2.75) is 13.8 Å². The van der Waals surface area contributed by atoms with Crippen molar-refractivity contribution < 1.29 is 14.5 Å². The minimum absolute atomic E-state index is 0.102. The van der Waals surface area contributed by atoms with E-state index >= 15 is 0 Å². The highest BCUT2D eigenvalue weighted by Gasteiger charge is 2.35. The molecule has 21 heavy (non-hydrogen) atoms. The molecule has 104 valence electrons. The molecule has 0 aliphatic heterocycles. The average Bonchev–Trinajstić information content (AvgIpc) is 2.46. The zero-order chi connectivity index (χ0) is 15.3. The van der Waals surface area contributed by atoms with Crippen LogP contribution in [0.2, 0.25) is 0 Å². The highest BCUT2D eigenvalue weighted by atomic mass is 16.6. The Bertz CT molecular complexity index is 836. The Labute approximate surface area is 120 Å². The van der Waals surface area contributed by atoms with E-state index in [1.54, 1.807) is 12.1 Å². The fourth-order valence-electron chi connectivity index (χ4n) is 2.59. The second-order valence-corrected chi connectivity index (χ2v) is 5.10. The summed E-state index contributed by atoms with van der Waals surface area (Å²) >= 11 is 0. The van der Waals surface area contributed by atoms with Crippen LogP contribution in [-0.2, 0) is 0 Å². The van der Waals surface area contributed by atoms with Crippen LogP contribution >= 0.6 is 0 Å². The van der Waals surface area contributed by atoms with Gasteiger partial charge in [-0.3, -0.25) is 19.7 Å². The highest BCUT2D eigenvalue weighted by molar-refractivity contribution is 6.29. The standard InChI is InChI=1S/C16H11NO4/c1-8-6-11-12(7-9(8)2)16(19)14-10(15(11)18)4-3-5-13(14)17(20)21/h3-7H,1-2H3. The first-order chi connectivity index (χ1) is 9.91. The summed E-state index contributed by atoms with van der Waals surface area (Å²) in [7, 11) is 0. The van der Waals surface area contributed by atoms with Gasteiger partial charge in [0, 0.05) is 22.8 Å². The average molecular weight is 281 g/mol. The molecule has 5 heteroatoms. The summed E-state index contributed by atoms with van der Waals surface area (Å²) in [5.74, 6) is -0.804. The Balaban J connectivity index is 2.36. The molecule has 1 aliphatic carbocycles. The summed E-state index contributed by atoms with van der Waals surface area (Å²) in [5.41, 5.74) is 2.00. The summed E-state index contributed by atoms with van der Waals surface area (Å²) in [6.45, 7) is 3.69. The first-order valence-corrected chi connectivity index (χ1v) is 6.40. The minimum Gasteiger partial charge on any atom is -0.289 e.